The summed E-state index contributed by atoms with van der Waals surface area (Å²) >= 11 is 0. The molecular formula is C8H10N4O2. The Morgan fingerprint density at radius 2 is 2.36 bits per heavy atom. The maximum atomic E-state index is 9.52. The van der Waals surface area contributed by atoms with Gasteiger partial charge in [-0.1, -0.05) is 5.11 Å². The lowest BCUT2D eigenvalue weighted by atomic mass is 10.1. The third-order valence-electron chi connectivity index (χ3n) is 1.89. The summed E-state index contributed by atoms with van der Waals surface area (Å²) < 4.78 is 0. The molecule has 0 radical (unpaired) electrons. The van der Waals surface area contributed by atoms with Gasteiger partial charge in [-0.25, -0.2) is 0 Å². The summed E-state index contributed by atoms with van der Waals surface area (Å²) in [6.45, 7) is 1.41. The highest BCUT2D eigenvalue weighted by Crippen LogP contribution is 2.23. The number of aromatic nitrogens is 1. The summed E-state index contributed by atoms with van der Waals surface area (Å²) in [5, 5.41) is 21.9. The van der Waals surface area contributed by atoms with Gasteiger partial charge < -0.3 is 10.2 Å². The maximum Gasteiger partial charge on any atom is 0.142 e. The minimum absolute atomic E-state index is 0.0434. The van der Waals surface area contributed by atoms with Crippen molar-refractivity contribution in [1.82, 2.24) is 4.98 Å². The molecule has 1 rings (SSSR count). The molecule has 0 aliphatic heterocycles. The Bertz CT molecular complexity index is 385. The van der Waals surface area contributed by atoms with Crippen LogP contribution in [0.4, 0.5) is 0 Å². The average Bonchev–Trinajstić information content (AvgIpc) is 2.20. The summed E-state index contributed by atoms with van der Waals surface area (Å²) in [5.74, 6) is -0.0434. The summed E-state index contributed by atoms with van der Waals surface area (Å²) in [7, 11) is 0. The second-order valence-electron chi connectivity index (χ2n) is 2.74. The average molecular weight is 194 g/mol. The molecule has 0 spiro atoms. The van der Waals surface area contributed by atoms with Crippen molar-refractivity contribution in [2.45, 2.75) is 20.1 Å². The van der Waals surface area contributed by atoms with Gasteiger partial charge in [-0.2, -0.15) is 0 Å². The van der Waals surface area contributed by atoms with E-state index >= 15 is 0 Å². The van der Waals surface area contributed by atoms with Crippen LogP contribution in [0.3, 0.4) is 0 Å². The van der Waals surface area contributed by atoms with Crippen molar-refractivity contribution in [3.63, 3.8) is 0 Å². The number of rotatable bonds is 3. The van der Waals surface area contributed by atoms with E-state index in [1.807, 2.05) is 0 Å². The fourth-order valence-electron chi connectivity index (χ4n) is 1.10. The minimum atomic E-state index is -0.300. The number of nitrogens with zero attached hydrogens (tertiary/aromatic N) is 4. The molecule has 0 aromatic carbocycles. The fraction of sp³-hybridized carbons (Fsp3) is 0.375. The highest BCUT2D eigenvalue weighted by atomic mass is 16.3. The number of aryl methyl sites for hydroxylation is 1. The molecule has 2 N–H and O–H groups in total. The predicted octanol–water partition coefficient (Wildman–Crippen LogP) is 1.40. The molecule has 0 saturated heterocycles. The zero-order valence-corrected chi connectivity index (χ0v) is 7.67. The van der Waals surface area contributed by atoms with Gasteiger partial charge in [0, 0.05) is 16.7 Å². The van der Waals surface area contributed by atoms with Gasteiger partial charge in [0.25, 0.3) is 0 Å². The topological polar surface area (TPSA) is 102 Å². The quantitative estimate of drug-likeness (QED) is 0.431. The van der Waals surface area contributed by atoms with Crippen LogP contribution >= 0.6 is 0 Å². The van der Waals surface area contributed by atoms with Crippen molar-refractivity contribution in [2.75, 3.05) is 0 Å². The normalized spacial score (nSPS) is 9.57. The van der Waals surface area contributed by atoms with Gasteiger partial charge in [0.05, 0.1) is 18.8 Å². The van der Waals surface area contributed by atoms with Gasteiger partial charge in [0.1, 0.15) is 5.75 Å². The molecule has 0 amide bonds. The van der Waals surface area contributed by atoms with Crippen LogP contribution in [0.5, 0.6) is 5.75 Å². The Balaban J connectivity index is 3.16. The molecule has 74 valence electrons. The minimum Gasteiger partial charge on any atom is -0.506 e. The molecule has 0 saturated carbocycles. The molecule has 0 aliphatic carbocycles. The molecule has 1 aromatic heterocycles. The Hall–Kier alpha value is -1.78. The van der Waals surface area contributed by atoms with Crippen LogP contribution in [0, 0.1) is 6.92 Å². The number of aromatic hydroxyl groups is 1. The van der Waals surface area contributed by atoms with Gasteiger partial charge in [-0.3, -0.25) is 4.98 Å². The Labute approximate surface area is 80.5 Å². The van der Waals surface area contributed by atoms with Crippen molar-refractivity contribution in [3.8, 4) is 5.75 Å². The van der Waals surface area contributed by atoms with Crippen molar-refractivity contribution in [3.05, 3.63) is 33.5 Å². The number of aliphatic hydroxyl groups excluding tert-OH is 1. The van der Waals surface area contributed by atoms with Crippen molar-refractivity contribution in [2.24, 2.45) is 5.11 Å². The molecule has 0 unspecified atom stereocenters. The molecular weight excluding hydrogens is 184 g/mol. The van der Waals surface area contributed by atoms with Crippen LogP contribution in [0.2, 0.25) is 0 Å². The summed E-state index contributed by atoms with van der Waals surface area (Å²) in [4.78, 5) is 6.49. The number of pyridine rings is 1. The lowest BCUT2D eigenvalue weighted by Crippen LogP contribution is -1.97. The third kappa shape index (κ3) is 1.93. The van der Waals surface area contributed by atoms with Gasteiger partial charge >= 0.3 is 0 Å². The van der Waals surface area contributed by atoms with Crippen LogP contribution in [-0.2, 0) is 13.2 Å². The first-order chi connectivity index (χ1) is 6.70. The van der Waals surface area contributed by atoms with E-state index in [2.05, 4.69) is 15.0 Å². The van der Waals surface area contributed by atoms with E-state index < -0.39 is 0 Å². The van der Waals surface area contributed by atoms with Crippen LogP contribution in [0.15, 0.2) is 11.3 Å². The lowest BCUT2D eigenvalue weighted by Gasteiger charge is -2.08. The van der Waals surface area contributed by atoms with E-state index in [1.165, 1.54) is 6.20 Å². The first-order valence-electron chi connectivity index (χ1n) is 3.98. The molecule has 1 heterocycles. The first kappa shape index (κ1) is 10.3. The smallest absolute Gasteiger partial charge is 0.142 e. The van der Waals surface area contributed by atoms with E-state index in [9.17, 15) is 5.11 Å². The largest absolute Gasteiger partial charge is 0.506 e. The molecule has 14 heavy (non-hydrogen) atoms. The molecule has 6 nitrogen and oxygen atoms in total. The van der Waals surface area contributed by atoms with Crippen LogP contribution < -0.4 is 0 Å². The highest BCUT2D eigenvalue weighted by Gasteiger charge is 2.09. The zero-order chi connectivity index (χ0) is 10.6. The third-order valence-corrected chi connectivity index (χ3v) is 1.89. The van der Waals surface area contributed by atoms with Gasteiger partial charge in [-0.15, -0.1) is 0 Å². The number of hydrogen-bond acceptors (Lipinski definition) is 4. The Kier molecular flexibility index (Phi) is 3.28. The molecule has 6 heteroatoms. The Morgan fingerprint density at radius 3 is 2.93 bits per heavy atom. The predicted molar refractivity (Wildman–Crippen MR) is 49.4 cm³/mol. The monoisotopic (exact) mass is 194 g/mol. The van der Waals surface area contributed by atoms with Crippen LogP contribution in [-0.4, -0.2) is 15.2 Å². The molecule has 1 aromatic rings. The van der Waals surface area contributed by atoms with Crippen LogP contribution in [0.1, 0.15) is 16.8 Å². The van der Waals surface area contributed by atoms with Gasteiger partial charge in [0.15, 0.2) is 0 Å². The van der Waals surface area contributed by atoms with Crippen molar-refractivity contribution >= 4 is 0 Å². The van der Waals surface area contributed by atoms with Gasteiger partial charge in [-0.05, 0) is 18.0 Å². The summed E-state index contributed by atoms with van der Waals surface area (Å²) in [6.07, 6.45) is 1.48. The molecule has 0 aliphatic rings. The summed E-state index contributed by atoms with van der Waals surface area (Å²) in [6, 6.07) is 0. The molecule has 0 bridgehead atoms. The SMILES string of the molecule is Cc1ncc(CN=[N+]=[N-])c(CO)c1O. The highest BCUT2D eigenvalue weighted by molar-refractivity contribution is 5.40. The number of hydrogen-bond donors (Lipinski definition) is 2. The van der Waals surface area contributed by atoms with Gasteiger partial charge in [0.2, 0.25) is 0 Å². The van der Waals surface area contributed by atoms with Crippen LogP contribution in [0.25, 0.3) is 10.4 Å². The second-order valence-corrected chi connectivity index (χ2v) is 2.74. The maximum absolute atomic E-state index is 9.52. The van der Waals surface area contributed by atoms with E-state index in [0.29, 0.717) is 16.8 Å². The van der Waals surface area contributed by atoms with E-state index in [4.69, 9.17) is 10.6 Å². The fourth-order valence-corrected chi connectivity index (χ4v) is 1.10. The molecule has 0 atom stereocenters. The van der Waals surface area contributed by atoms with E-state index in [1.54, 1.807) is 6.92 Å². The van der Waals surface area contributed by atoms with E-state index in [-0.39, 0.29) is 18.9 Å². The summed E-state index contributed by atoms with van der Waals surface area (Å²) in [5.41, 5.74) is 9.47. The number of aliphatic hydroxyl groups is 1. The van der Waals surface area contributed by atoms with E-state index in [0.717, 1.165) is 0 Å². The standard InChI is InChI=1S/C8H10N4O2/c1-5-8(14)7(4-13)6(2-10-5)3-11-12-9/h2,13-14H,3-4H2,1H3. The van der Waals surface area contributed by atoms with Crippen molar-refractivity contribution < 1.29 is 10.2 Å². The number of azide groups is 1. The second kappa shape index (κ2) is 4.45. The first-order valence-corrected chi connectivity index (χ1v) is 3.98. The lowest BCUT2D eigenvalue weighted by molar-refractivity contribution is 0.273. The zero-order valence-electron chi connectivity index (χ0n) is 7.67. The molecule has 0 fully saturated rings. The Morgan fingerprint density at radius 1 is 1.64 bits per heavy atom. The van der Waals surface area contributed by atoms with Crippen molar-refractivity contribution in [1.29, 1.82) is 0 Å².